The van der Waals surface area contributed by atoms with Gasteiger partial charge >= 0.3 is 0 Å². The smallest absolute Gasteiger partial charge is 0.123 e. The number of rotatable bonds is 9. The molecule has 1 rings (SSSR count). The van der Waals surface area contributed by atoms with Gasteiger partial charge in [0.2, 0.25) is 0 Å². The molecule has 0 aliphatic carbocycles. The van der Waals surface area contributed by atoms with Gasteiger partial charge in [0, 0.05) is 12.2 Å². The van der Waals surface area contributed by atoms with Crippen molar-refractivity contribution in [2.75, 3.05) is 19.8 Å². The SMILES string of the molecule is CCCCOCCOCc1ccc(F)cc1C(=N)N. The van der Waals surface area contributed by atoms with E-state index >= 15 is 0 Å². The van der Waals surface area contributed by atoms with Crippen molar-refractivity contribution in [1.29, 1.82) is 5.41 Å². The Morgan fingerprint density at radius 1 is 1.26 bits per heavy atom. The molecule has 0 unspecified atom stereocenters. The van der Waals surface area contributed by atoms with Crippen LogP contribution >= 0.6 is 0 Å². The van der Waals surface area contributed by atoms with E-state index in [9.17, 15) is 4.39 Å². The predicted octanol–water partition coefficient (Wildman–Crippen LogP) is 2.44. The molecule has 0 heterocycles. The van der Waals surface area contributed by atoms with Crippen molar-refractivity contribution < 1.29 is 13.9 Å². The summed E-state index contributed by atoms with van der Waals surface area (Å²) in [7, 11) is 0. The van der Waals surface area contributed by atoms with Gasteiger partial charge in [0.25, 0.3) is 0 Å². The van der Waals surface area contributed by atoms with Crippen LogP contribution < -0.4 is 5.73 Å². The number of nitrogen functional groups attached to an aromatic ring is 1. The van der Waals surface area contributed by atoms with E-state index < -0.39 is 5.82 Å². The summed E-state index contributed by atoms with van der Waals surface area (Å²) in [5, 5.41) is 7.40. The predicted molar refractivity (Wildman–Crippen MR) is 72.8 cm³/mol. The lowest BCUT2D eigenvalue weighted by Gasteiger charge is -2.09. The van der Waals surface area contributed by atoms with Crippen molar-refractivity contribution in [3.63, 3.8) is 0 Å². The van der Waals surface area contributed by atoms with Gasteiger partial charge < -0.3 is 15.2 Å². The molecule has 5 heteroatoms. The molecule has 3 N–H and O–H groups in total. The fourth-order valence-electron chi connectivity index (χ4n) is 1.57. The zero-order valence-corrected chi connectivity index (χ0v) is 11.2. The van der Waals surface area contributed by atoms with Gasteiger partial charge in [-0.15, -0.1) is 0 Å². The average Bonchev–Trinajstić information content (AvgIpc) is 2.39. The van der Waals surface area contributed by atoms with Gasteiger partial charge in [-0.05, 0) is 24.1 Å². The molecule has 0 saturated heterocycles. The Morgan fingerprint density at radius 3 is 2.68 bits per heavy atom. The monoisotopic (exact) mass is 268 g/mol. The van der Waals surface area contributed by atoms with Crippen LogP contribution in [-0.2, 0) is 16.1 Å². The molecule has 0 saturated carbocycles. The lowest BCUT2D eigenvalue weighted by molar-refractivity contribution is 0.0396. The molecule has 0 bridgehead atoms. The molecule has 0 aromatic heterocycles. The summed E-state index contributed by atoms with van der Waals surface area (Å²) in [6.45, 7) is 4.16. The number of ether oxygens (including phenoxy) is 2. The second kappa shape index (κ2) is 8.61. The molecule has 106 valence electrons. The van der Waals surface area contributed by atoms with Gasteiger partial charge in [0.05, 0.1) is 19.8 Å². The fraction of sp³-hybridized carbons (Fsp3) is 0.500. The van der Waals surface area contributed by atoms with Gasteiger partial charge in [-0.2, -0.15) is 0 Å². The third-order valence-corrected chi connectivity index (χ3v) is 2.63. The molecular formula is C14H21FN2O2. The van der Waals surface area contributed by atoms with Crippen LogP contribution in [0.3, 0.4) is 0 Å². The van der Waals surface area contributed by atoms with Gasteiger partial charge in [-0.1, -0.05) is 19.4 Å². The van der Waals surface area contributed by atoms with E-state index in [1.54, 1.807) is 6.07 Å². The third-order valence-electron chi connectivity index (χ3n) is 2.63. The van der Waals surface area contributed by atoms with Crippen molar-refractivity contribution in [3.05, 3.63) is 35.1 Å². The van der Waals surface area contributed by atoms with Crippen LogP contribution in [0.15, 0.2) is 18.2 Å². The number of hydrogen-bond acceptors (Lipinski definition) is 3. The summed E-state index contributed by atoms with van der Waals surface area (Å²) >= 11 is 0. The molecular weight excluding hydrogens is 247 g/mol. The fourth-order valence-corrected chi connectivity index (χ4v) is 1.57. The lowest BCUT2D eigenvalue weighted by atomic mass is 10.1. The summed E-state index contributed by atoms with van der Waals surface area (Å²) in [4.78, 5) is 0. The number of unbranched alkanes of at least 4 members (excludes halogenated alkanes) is 1. The Bertz CT molecular complexity index is 410. The van der Waals surface area contributed by atoms with E-state index in [1.165, 1.54) is 12.1 Å². The van der Waals surface area contributed by atoms with Gasteiger partial charge in [-0.3, -0.25) is 5.41 Å². The molecule has 1 aromatic rings. The Morgan fingerprint density at radius 2 is 2.00 bits per heavy atom. The second-order valence-electron chi connectivity index (χ2n) is 4.23. The minimum Gasteiger partial charge on any atom is -0.384 e. The Kier molecular flexibility index (Phi) is 7.07. The lowest BCUT2D eigenvalue weighted by Crippen LogP contribution is -2.15. The van der Waals surface area contributed by atoms with Crippen LogP contribution in [0.25, 0.3) is 0 Å². The van der Waals surface area contributed by atoms with E-state index in [4.69, 9.17) is 20.6 Å². The minimum atomic E-state index is -0.406. The highest BCUT2D eigenvalue weighted by molar-refractivity contribution is 5.96. The summed E-state index contributed by atoms with van der Waals surface area (Å²) < 4.78 is 23.8. The summed E-state index contributed by atoms with van der Waals surface area (Å²) in [6, 6.07) is 4.17. The zero-order valence-electron chi connectivity index (χ0n) is 11.2. The number of halogens is 1. The second-order valence-corrected chi connectivity index (χ2v) is 4.23. The van der Waals surface area contributed by atoms with Gasteiger partial charge in [0.15, 0.2) is 0 Å². The molecule has 0 aliphatic rings. The molecule has 0 atom stereocenters. The highest BCUT2D eigenvalue weighted by atomic mass is 19.1. The van der Waals surface area contributed by atoms with Crippen molar-refractivity contribution in [2.24, 2.45) is 5.73 Å². The topological polar surface area (TPSA) is 68.3 Å². The molecule has 0 amide bonds. The molecule has 0 radical (unpaired) electrons. The maximum atomic E-state index is 13.1. The summed E-state index contributed by atoms with van der Waals surface area (Å²) in [5.41, 5.74) is 6.50. The average molecular weight is 268 g/mol. The number of nitrogens with one attached hydrogen (secondary N) is 1. The third kappa shape index (κ3) is 5.81. The number of benzene rings is 1. The molecule has 19 heavy (non-hydrogen) atoms. The van der Waals surface area contributed by atoms with E-state index in [0.29, 0.717) is 30.9 Å². The molecule has 1 aromatic carbocycles. The first-order valence-corrected chi connectivity index (χ1v) is 6.43. The van der Waals surface area contributed by atoms with E-state index in [-0.39, 0.29) is 5.84 Å². The van der Waals surface area contributed by atoms with Crippen LogP contribution in [0, 0.1) is 11.2 Å². The van der Waals surface area contributed by atoms with E-state index in [0.717, 1.165) is 19.4 Å². The number of hydrogen-bond donors (Lipinski definition) is 2. The molecule has 0 spiro atoms. The molecule has 4 nitrogen and oxygen atoms in total. The van der Waals surface area contributed by atoms with Crippen LogP contribution in [0.5, 0.6) is 0 Å². The highest BCUT2D eigenvalue weighted by Crippen LogP contribution is 2.12. The maximum Gasteiger partial charge on any atom is 0.123 e. The van der Waals surface area contributed by atoms with Gasteiger partial charge in [0.1, 0.15) is 11.7 Å². The van der Waals surface area contributed by atoms with Crippen LogP contribution in [0.2, 0.25) is 0 Å². The quantitative estimate of drug-likeness (QED) is 0.410. The largest absolute Gasteiger partial charge is 0.384 e. The molecule has 0 aliphatic heterocycles. The number of nitrogens with two attached hydrogens (primary N) is 1. The van der Waals surface area contributed by atoms with Crippen molar-refractivity contribution in [2.45, 2.75) is 26.4 Å². The van der Waals surface area contributed by atoms with Crippen molar-refractivity contribution in [1.82, 2.24) is 0 Å². The van der Waals surface area contributed by atoms with Crippen LogP contribution in [-0.4, -0.2) is 25.7 Å². The summed E-state index contributed by atoms with van der Waals surface area (Å²) in [6.07, 6.45) is 2.16. The van der Waals surface area contributed by atoms with Crippen molar-refractivity contribution >= 4 is 5.84 Å². The maximum absolute atomic E-state index is 13.1. The normalized spacial score (nSPS) is 10.6. The Labute approximate surface area is 113 Å². The minimum absolute atomic E-state index is 0.155. The first-order valence-electron chi connectivity index (χ1n) is 6.43. The first kappa shape index (κ1) is 15.6. The molecule has 0 fully saturated rings. The first-order chi connectivity index (χ1) is 9.15. The zero-order chi connectivity index (χ0) is 14.1. The Balaban J connectivity index is 2.35. The van der Waals surface area contributed by atoms with E-state index in [1.807, 2.05) is 0 Å². The van der Waals surface area contributed by atoms with Gasteiger partial charge in [-0.25, -0.2) is 4.39 Å². The van der Waals surface area contributed by atoms with Crippen molar-refractivity contribution in [3.8, 4) is 0 Å². The van der Waals surface area contributed by atoms with Crippen LogP contribution in [0.1, 0.15) is 30.9 Å². The standard InChI is InChI=1S/C14H21FN2O2/c1-2-3-6-18-7-8-19-10-11-4-5-12(15)9-13(11)14(16)17/h4-5,9H,2-3,6-8,10H2,1H3,(H3,16,17). The van der Waals surface area contributed by atoms with Crippen LogP contribution in [0.4, 0.5) is 4.39 Å². The van der Waals surface area contributed by atoms with E-state index in [2.05, 4.69) is 6.92 Å². The highest BCUT2D eigenvalue weighted by Gasteiger charge is 2.07. The Hall–Kier alpha value is -1.46. The number of amidine groups is 1. The summed E-state index contributed by atoms with van der Waals surface area (Å²) in [5.74, 6) is -0.561.